The highest BCUT2D eigenvalue weighted by Crippen LogP contribution is 2.37. The van der Waals surface area contributed by atoms with Gasteiger partial charge < -0.3 is 0 Å². The Kier molecular flexibility index (Phi) is 5.38. The van der Waals surface area contributed by atoms with Crippen molar-refractivity contribution in [1.82, 2.24) is 9.97 Å². The van der Waals surface area contributed by atoms with E-state index in [2.05, 4.69) is 49.6 Å². The molecule has 2 unspecified atom stereocenters. The van der Waals surface area contributed by atoms with Crippen molar-refractivity contribution < 1.29 is 0 Å². The summed E-state index contributed by atoms with van der Waals surface area (Å²) < 4.78 is 0. The third-order valence-corrected chi connectivity index (χ3v) is 7.89. The minimum atomic E-state index is 0.807. The van der Waals surface area contributed by atoms with Gasteiger partial charge in [0.15, 0.2) is 0 Å². The number of aromatic nitrogens is 2. The molecule has 2 aliphatic rings. The van der Waals surface area contributed by atoms with Gasteiger partial charge in [-0.05, 0) is 31.4 Å². The minimum Gasteiger partial charge on any atom is -0.248 e. The van der Waals surface area contributed by atoms with Gasteiger partial charge in [0.2, 0.25) is 0 Å². The Balaban J connectivity index is 1.66. The molecule has 0 radical (unpaired) electrons. The molecule has 1 aromatic heterocycles. The third kappa shape index (κ3) is 3.93. The second-order valence-corrected chi connectivity index (χ2v) is 9.78. The number of nitrogens with zero attached hydrogens (tertiary/aromatic N) is 2. The maximum absolute atomic E-state index is 5.00. The van der Waals surface area contributed by atoms with Crippen LogP contribution in [0.25, 0.3) is 11.0 Å². The molecule has 0 saturated heterocycles. The van der Waals surface area contributed by atoms with Crippen LogP contribution >= 0.6 is 23.5 Å². The van der Waals surface area contributed by atoms with Crippen LogP contribution in [0.4, 0.5) is 0 Å². The van der Waals surface area contributed by atoms with Crippen LogP contribution in [0.15, 0.2) is 18.2 Å². The molecule has 2 nitrogen and oxygen atoms in total. The maximum atomic E-state index is 5.00. The van der Waals surface area contributed by atoms with Gasteiger partial charge in [-0.3, -0.25) is 0 Å². The van der Waals surface area contributed by atoms with Gasteiger partial charge in [-0.25, -0.2) is 9.97 Å². The van der Waals surface area contributed by atoms with E-state index in [9.17, 15) is 0 Å². The van der Waals surface area contributed by atoms with E-state index >= 15 is 0 Å². The zero-order valence-electron chi connectivity index (χ0n) is 14.5. The van der Waals surface area contributed by atoms with Crippen molar-refractivity contribution in [2.75, 3.05) is 0 Å². The van der Waals surface area contributed by atoms with Crippen molar-refractivity contribution in [2.24, 2.45) is 0 Å². The number of rotatable bonds is 0. The summed E-state index contributed by atoms with van der Waals surface area (Å²) in [6.07, 6.45) is 9.81. The average Bonchev–Trinajstić information content (AvgIpc) is 2.74. The van der Waals surface area contributed by atoms with Gasteiger partial charge in [-0.15, -0.1) is 0 Å². The lowest BCUT2D eigenvalue weighted by molar-refractivity contribution is 0.628. The summed E-state index contributed by atoms with van der Waals surface area (Å²) in [6.45, 7) is 0. The Labute approximate surface area is 154 Å². The molecule has 5 heteroatoms. The van der Waals surface area contributed by atoms with Gasteiger partial charge in [0.05, 0.1) is 22.4 Å². The molecule has 1 aliphatic carbocycles. The van der Waals surface area contributed by atoms with Crippen molar-refractivity contribution in [3.05, 3.63) is 29.6 Å². The van der Waals surface area contributed by atoms with E-state index in [1.165, 1.54) is 61.8 Å². The number of thioether (sulfide) groups is 2. The molecular weight excluding hydrogens is 331 g/mol. The van der Waals surface area contributed by atoms with E-state index in [0.29, 0.717) is 0 Å². The monoisotopic (exact) mass is 356 g/mol. The average molecular weight is 356 g/mol. The predicted octanol–water partition coefficient (Wildman–Crippen LogP) is 3.85. The molecule has 24 heavy (non-hydrogen) atoms. The second-order valence-electron chi connectivity index (χ2n) is 7.20. The lowest BCUT2D eigenvalue weighted by Crippen LogP contribution is -2.12. The van der Waals surface area contributed by atoms with Crippen LogP contribution < -0.4 is 5.46 Å². The Morgan fingerprint density at radius 1 is 0.833 bits per heavy atom. The molecule has 1 aliphatic heterocycles. The first-order chi connectivity index (χ1) is 11.8. The number of hydrogen-bond donors (Lipinski definition) is 0. The Morgan fingerprint density at radius 2 is 1.46 bits per heavy atom. The standard InChI is InChI=1S/C19H25BN2S2/c20-13-7-8-16-17(9-13)22-19-12-24-15-6-4-2-1-3-5-14(10-15)23-11-18(19)21-16/h7-9,14-15H,1-6,10-12,20H2. The first-order valence-electron chi connectivity index (χ1n) is 9.27. The fraction of sp³-hybridized carbons (Fsp3) is 0.579. The number of fused-ring (bicyclic) bond motifs is 4. The van der Waals surface area contributed by atoms with Gasteiger partial charge in [-0.2, -0.15) is 23.5 Å². The predicted molar refractivity (Wildman–Crippen MR) is 110 cm³/mol. The van der Waals surface area contributed by atoms with Crippen LogP contribution in [0.1, 0.15) is 56.3 Å². The first kappa shape index (κ1) is 16.8. The number of hydrogen-bond acceptors (Lipinski definition) is 4. The van der Waals surface area contributed by atoms with E-state index < -0.39 is 0 Å². The Bertz CT molecular complexity index is 722. The summed E-state index contributed by atoms with van der Waals surface area (Å²) >= 11 is 4.27. The van der Waals surface area contributed by atoms with E-state index in [0.717, 1.165) is 33.0 Å². The number of benzene rings is 1. The highest BCUT2D eigenvalue weighted by Gasteiger charge is 2.23. The molecule has 1 aromatic carbocycles. The zero-order valence-corrected chi connectivity index (χ0v) is 16.1. The van der Waals surface area contributed by atoms with Crippen molar-refractivity contribution >= 4 is 47.9 Å². The van der Waals surface area contributed by atoms with Crippen molar-refractivity contribution in [1.29, 1.82) is 0 Å². The molecule has 0 amide bonds. The summed E-state index contributed by atoms with van der Waals surface area (Å²) in [7, 11) is 2.13. The van der Waals surface area contributed by atoms with E-state index in [4.69, 9.17) is 9.97 Å². The summed E-state index contributed by atoms with van der Waals surface area (Å²) in [6, 6.07) is 6.44. The van der Waals surface area contributed by atoms with E-state index in [1.807, 2.05) is 0 Å². The smallest absolute Gasteiger partial charge is 0.139 e. The van der Waals surface area contributed by atoms with Crippen LogP contribution in [0.5, 0.6) is 0 Å². The van der Waals surface area contributed by atoms with Crippen molar-refractivity contribution in [2.45, 2.75) is 67.0 Å². The molecule has 0 N–H and O–H groups in total. The van der Waals surface area contributed by atoms with E-state index in [-0.39, 0.29) is 0 Å². The van der Waals surface area contributed by atoms with Crippen molar-refractivity contribution in [3.63, 3.8) is 0 Å². The molecule has 2 aromatic rings. The van der Waals surface area contributed by atoms with Gasteiger partial charge in [-0.1, -0.05) is 37.2 Å². The Hall–Kier alpha value is -0.675. The third-order valence-electron chi connectivity index (χ3n) is 5.21. The summed E-state index contributed by atoms with van der Waals surface area (Å²) in [5, 5.41) is 1.61. The summed E-state index contributed by atoms with van der Waals surface area (Å²) in [5.41, 5.74) is 5.84. The van der Waals surface area contributed by atoms with Crippen molar-refractivity contribution in [3.8, 4) is 0 Å². The van der Waals surface area contributed by atoms with E-state index in [1.54, 1.807) is 0 Å². The quantitative estimate of drug-likeness (QED) is 0.670. The van der Waals surface area contributed by atoms with Crippen LogP contribution in [-0.2, 0) is 11.5 Å². The van der Waals surface area contributed by atoms with Gasteiger partial charge >= 0.3 is 0 Å². The van der Waals surface area contributed by atoms with Crippen LogP contribution in [-0.4, -0.2) is 28.3 Å². The lowest BCUT2D eigenvalue weighted by Gasteiger charge is -2.20. The molecule has 2 atom stereocenters. The lowest BCUT2D eigenvalue weighted by atomic mass is 9.96. The van der Waals surface area contributed by atoms with Gasteiger partial charge in [0.1, 0.15) is 7.85 Å². The molecule has 1 saturated carbocycles. The van der Waals surface area contributed by atoms with Crippen LogP contribution in [0.3, 0.4) is 0 Å². The molecular formula is C19H25BN2S2. The molecule has 126 valence electrons. The molecule has 1 fully saturated rings. The molecule has 0 spiro atoms. The van der Waals surface area contributed by atoms with Crippen LogP contribution in [0.2, 0.25) is 0 Å². The van der Waals surface area contributed by atoms with Gasteiger partial charge in [0, 0.05) is 22.0 Å². The highest BCUT2D eigenvalue weighted by atomic mass is 32.2. The minimum absolute atomic E-state index is 0.807. The largest absolute Gasteiger partial charge is 0.248 e. The molecule has 4 rings (SSSR count). The van der Waals surface area contributed by atoms with Crippen LogP contribution in [0, 0.1) is 0 Å². The maximum Gasteiger partial charge on any atom is 0.139 e. The molecule has 2 bridgehead atoms. The summed E-state index contributed by atoms with van der Waals surface area (Å²) in [4.78, 5) is 9.99. The van der Waals surface area contributed by atoms with Gasteiger partial charge in [0.25, 0.3) is 0 Å². The Morgan fingerprint density at radius 3 is 2.12 bits per heavy atom. The first-order valence-corrected chi connectivity index (χ1v) is 11.4. The highest BCUT2D eigenvalue weighted by molar-refractivity contribution is 8.00. The normalized spacial score (nSPS) is 25.5. The summed E-state index contributed by atoms with van der Waals surface area (Å²) in [5.74, 6) is 2.06. The SMILES string of the molecule is Bc1ccc2nc3c(nc2c1)CSC1CCCCCCC(C1)SC3. The second kappa shape index (κ2) is 7.69. The topological polar surface area (TPSA) is 25.8 Å². The zero-order chi connectivity index (χ0) is 16.4. The fourth-order valence-corrected chi connectivity index (χ4v) is 6.57. The fourth-order valence-electron chi connectivity index (χ4n) is 3.79. The molecule has 2 heterocycles.